The van der Waals surface area contributed by atoms with Crippen LogP contribution in [0.1, 0.15) is 77.1 Å². The van der Waals surface area contributed by atoms with E-state index in [2.05, 4.69) is 145 Å². The standard InChI is InChI=1S/C32H40N3P.2ClH.Fe/c1-23(2)27-20-15-21-28(24(3)4)30(27)34-36(25-16-11-9-12-17-25,26-18-13-10-14-19-26)31-33-29(22-35(31)8)32(5,6)7;;;/h9-24H,1-8H3;2*1H;/q;;;+2/p-2. The molecule has 0 fully saturated rings. The summed E-state index contributed by atoms with van der Waals surface area (Å²) in [6.07, 6.45) is 2.20. The Kier molecular flexibility index (Phi) is 11.2. The Balaban J connectivity index is 0.00000134. The van der Waals surface area contributed by atoms with Crippen molar-refractivity contribution < 1.29 is 13.1 Å². The molecular formula is C32H40Cl2FeN3P. The van der Waals surface area contributed by atoms with Crippen molar-refractivity contribution in [1.29, 1.82) is 0 Å². The summed E-state index contributed by atoms with van der Waals surface area (Å²) < 4.78 is 8.15. The normalized spacial score (nSPS) is 12.0. The number of nitrogens with zero attached hydrogens (tertiary/aromatic N) is 3. The second kappa shape index (κ2) is 13.7. The molecule has 3 aromatic carbocycles. The Bertz CT molecular complexity index is 1340. The van der Waals surface area contributed by atoms with E-state index in [0.717, 1.165) is 16.9 Å². The average Bonchev–Trinajstić information content (AvgIpc) is 3.31. The number of aryl methyl sites for hydroxylation is 1. The van der Waals surface area contributed by atoms with Crippen LogP contribution >= 0.6 is 27.3 Å². The van der Waals surface area contributed by atoms with E-state index in [4.69, 9.17) is 29.9 Å². The van der Waals surface area contributed by atoms with Gasteiger partial charge in [-0.1, -0.05) is 127 Å². The summed E-state index contributed by atoms with van der Waals surface area (Å²) in [6, 6.07) is 28.3. The summed E-state index contributed by atoms with van der Waals surface area (Å²) >= 11 is 0.194. The van der Waals surface area contributed by atoms with Crippen molar-refractivity contribution in [1.82, 2.24) is 9.55 Å². The maximum atomic E-state index is 5.93. The van der Waals surface area contributed by atoms with Crippen LogP contribution < -0.4 is 16.2 Å². The van der Waals surface area contributed by atoms with Crippen LogP contribution in [0.15, 0.2) is 89.8 Å². The number of rotatable bonds is 6. The van der Waals surface area contributed by atoms with Gasteiger partial charge in [0.15, 0.2) is 5.57 Å². The minimum atomic E-state index is -2.52. The summed E-state index contributed by atoms with van der Waals surface area (Å²) in [7, 11) is 9.14. The molecule has 0 radical (unpaired) electrons. The molecular weight excluding hydrogens is 584 g/mol. The predicted octanol–water partition coefficient (Wildman–Crippen LogP) is 9.15. The van der Waals surface area contributed by atoms with Gasteiger partial charge in [-0.15, -0.1) is 0 Å². The van der Waals surface area contributed by atoms with E-state index in [1.165, 1.54) is 21.7 Å². The van der Waals surface area contributed by atoms with Crippen LogP contribution in [0.25, 0.3) is 0 Å². The van der Waals surface area contributed by atoms with Gasteiger partial charge in [0, 0.05) is 29.3 Å². The van der Waals surface area contributed by atoms with Gasteiger partial charge in [0.25, 0.3) is 0 Å². The van der Waals surface area contributed by atoms with E-state index in [1.807, 2.05) is 0 Å². The second-order valence-electron chi connectivity index (χ2n) is 11.3. The molecule has 1 aromatic heterocycles. The summed E-state index contributed by atoms with van der Waals surface area (Å²) in [6.45, 7) is 15.7. The van der Waals surface area contributed by atoms with Gasteiger partial charge in [-0.2, -0.15) is 0 Å². The van der Waals surface area contributed by atoms with E-state index < -0.39 is 7.05 Å². The molecule has 4 aromatic rings. The van der Waals surface area contributed by atoms with Gasteiger partial charge in [-0.3, -0.25) is 4.74 Å². The Hall–Kier alpha value is -1.80. The molecule has 0 bridgehead atoms. The Labute approximate surface area is 250 Å². The van der Waals surface area contributed by atoms with Crippen LogP contribution in [-0.2, 0) is 25.6 Å². The third kappa shape index (κ3) is 7.10. The fourth-order valence-electron chi connectivity index (χ4n) is 4.72. The van der Waals surface area contributed by atoms with Crippen molar-refractivity contribution >= 4 is 49.1 Å². The van der Waals surface area contributed by atoms with Crippen molar-refractivity contribution in [3.05, 3.63) is 102 Å². The average molecular weight is 624 g/mol. The maximum absolute atomic E-state index is 5.93. The predicted molar refractivity (Wildman–Crippen MR) is 169 cm³/mol. The van der Waals surface area contributed by atoms with Crippen LogP contribution in [0.3, 0.4) is 0 Å². The molecule has 0 N–H and O–H groups in total. The molecule has 0 spiro atoms. The topological polar surface area (TPSA) is 30.2 Å². The number of hydrogen-bond donors (Lipinski definition) is 0. The zero-order chi connectivity index (χ0) is 28.8. The summed E-state index contributed by atoms with van der Waals surface area (Å²) in [4.78, 5) is 5.37. The number of hydrogen-bond acceptors (Lipinski definition) is 2. The van der Waals surface area contributed by atoms with Crippen LogP contribution in [0.4, 0.5) is 5.69 Å². The molecule has 4 rings (SSSR count). The van der Waals surface area contributed by atoms with E-state index >= 15 is 0 Å². The van der Waals surface area contributed by atoms with Gasteiger partial charge >= 0.3 is 33.3 Å². The van der Waals surface area contributed by atoms with Gasteiger partial charge in [0.1, 0.15) is 0 Å². The van der Waals surface area contributed by atoms with Crippen LogP contribution in [0, 0.1) is 0 Å². The summed E-state index contributed by atoms with van der Waals surface area (Å²) in [5, 5.41) is 2.44. The van der Waals surface area contributed by atoms with Gasteiger partial charge in [0.2, 0.25) is 0 Å². The third-order valence-electron chi connectivity index (χ3n) is 6.76. The molecule has 0 atom stereocenters. The third-order valence-corrected chi connectivity index (χ3v) is 10.3. The van der Waals surface area contributed by atoms with Crippen molar-refractivity contribution in [2.24, 2.45) is 11.8 Å². The zero-order valence-electron chi connectivity index (χ0n) is 24.1. The molecule has 0 aliphatic carbocycles. The SMILES string of the molecule is CC(C)c1cccc(C(C)C)c1N=P(c1ccccc1)(c1ccccc1)c1nc(C(C)(C)C)cn1C.[Cl][Fe][Cl]. The molecule has 0 saturated heterocycles. The monoisotopic (exact) mass is 623 g/mol. The molecule has 3 nitrogen and oxygen atoms in total. The number of aromatic nitrogens is 2. The molecule has 210 valence electrons. The minimum absolute atomic E-state index is 0.0576. The Morgan fingerprint density at radius 2 is 1.21 bits per heavy atom. The quantitative estimate of drug-likeness (QED) is 0.156. The molecule has 1 heterocycles. The first-order valence-corrected chi connectivity index (χ1v) is 18.0. The number of halogens is 2. The molecule has 0 saturated carbocycles. The number of imidazole rings is 1. The van der Waals surface area contributed by atoms with Gasteiger partial charge in [-0.05, 0) is 23.0 Å². The first kappa shape index (κ1) is 31.7. The van der Waals surface area contributed by atoms with Gasteiger partial charge < -0.3 is 4.57 Å². The molecule has 7 heteroatoms. The molecule has 0 aliphatic rings. The van der Waals surface area contributed by atoms with Crippen molar-refractivity contribution in [2.45, 2.75) is 65.7 Å². The Morgan fingerprint density at radius 1 is 0.769 bits per heavy atom. The summed E-state index contributed by atoms with van der Waals surface area (Å²) in [5.74, 6) is 0.727. The van der Waals surface area contributed by atoms with Crippen molar-refractivity contribution in [3.63, 3.8) is 0 Å². The first-order chi connectivity index (χ1) is 18.5. The number of benzene rings is 3. The van der Waals surface area contributed by atoms with E-state index in [-0.39, 0.29) is 18.5 Å². The Morgan fingerprint density at radius 3 is 1.56 bits per heavy atom. The van der Waals surface area contributed by atoms with Crippen molar-refractivity contribution in [3.8, 4) is 0 Å². The van der Waals surface area contributed by atoms with E-state index in [9.17, 15) is 0 Å². The van der Waals surface area contributed by atoms with Gasteiger partial charge in [-0.25, -0.2) is 4.98 Å². The van der Waals surface area contributed by atoms with E-state index in [1.54, 1.807) is 0 Å². The fraction of sp³-hybridized carbons (Fsp3) is 0.344. The van der Waals surface area contributed by atoms with Crippen molar-refractivity contribution in [2.75, 3.05) is 0 Å². The van der Waals surface area contributed by atoms with E-state index in [0.29, 0.717) is 11.8 Å². The molecule has 39 heavy (non-hydrogen) atoms. The van der Waals surface area contributed by atoms with Crippen LogP contribution in [-0.4, -0.2) is 9.55 Å². The molecule has 0 amide bonds. The fourth-order valence-corrected chi connectivity index (χ4v) is 8.31. The molecule has 0 aliphatic heterocycles. The molecule has 0 unspecified atom stereocenters. The van der Waals surface area contributed by atoms with Crippen LogP contribution in [0.5, 0.6) is 0 Å². The summed E-state index contributed by atoms with van der Waals surface area (Å²) in [5.41, 5.74) is 5.79. The second-order valence-corrected chi connectivity index (χ2v) is 16.1. The van der Waals surface area contributed by atoms with Crippen LogP contribution in [0.2, 0.25) is 0 Å². The van der Waals surface area contributed by atoms with Gasteiger partial charge in [0.05, 0.1) is 18.4 Å². The first-order valence-electron chi connectivity index (χ1n) is 13.2. The zero-order valence-corrected chi connectivity index (χ0v) is 27.6.